The van der Waals surface area contributed by atoms with Crippen LogP contribution in [0, 0.1) is 0 Å². The fourth-order valence-electron chi connectivity index (χ4n) is 1.91. The second-order valence-electron chi connectivity index (χ2n) is 4.76. The van der Waals surface area contributed by atoms with E-state index in [9.17, 15) is 4.79 Å². The monoisotopic (exact) mass is 243 g/mol. The van der Waals surface area contributed by atoms with E-state index >= 15 is 0 Å². The molecule has 1 rings (SSSR count). The van der Waals surface area contributed by atoms with Crippen LogP contribution in [-0.2, 0) is 4.74 Å². The zero-order valence-electron chi connectivity index (χ0n) is 11.0. The molecule has 1 aliphatic rings. The van der Waals surface area contributed by atoms with E-state index < -0.39 is 0 Å². The van der Waals surface area contributed by atoms with Crippen molar-refractivity contribution in [2.75, 3.05) is 39.3 Å². The summed E-state index contributed by atoms with van der Waals surface area (Å²) in [5, 5.41) is 0. The topological polar surface area (TPSA) is 58.8 Å². The van der Waals surface area contributed by atoms with Gasteiger partial charge in [0.1, 0.15) is 0 Å². The summed E-state index contributed by atoms with van der Waals surface area (Å²) < 4.78 is 5.18. The maximum absolute atomic E-state index is 11.6. The van der Waals surface area contributed by atoms with Gasteiger partial charge in [-0.05, 0) is 39.8 Å². The first-order chi connectivity index (χ1) is 8.13. The molecule has 0 saturated carbocycles. The minimum absolute atomic E-state index is 0.0370. The van der Waals surface area contributed by atoms with Gasteiger partial charge in [0.25, 0.3) is 0 Å². The Bertz CT molecular complexity index is 226. The van der Waals surface area contributed by atoms with Crippen LogP contribution in [0.5, 0.6) is 0 Å². The van der Waals surface area contributed by atoms with Crippen LogP contribution in [0.25, 0.3) is 0 Å². The SMILES string of the molecule is CC(C)OC(=O)N1CCN(CCCCN)CC1. The Kier molecular flexibility index (Phi) is 6.29. The zero-order chi connectivity index (χ0) is 12.7. The molecule has 1 fully saturated rings. The molecule has 0 aliphatic carbocycles. The lowest BCUT2D eigenvalue weighted by Gasteiger charge is -2.34. The molecule has 1 heterocycles. The van der Waals surface area contributed by atoms with Gasteiger partial charge in [-0.3, -0.25) is 4.90 Å². The number of piperazine rings is 1. The lowest BCUT2D eigenvalue weighted by Crippen LogP contribution is -2.49. The van der Waals surface area contributed by atoms with Crippen LogP contribution < -0.4 is 5.73 Å². The second-order valence-corrected chi connectivity index (χ2v) is 4.76. The maximum Gasteiger partial charge on any atom is 0.410 e. The fourth-order valence-corrected chi connectivity index (χ4v) is 1.91. The Labute approximate surface area is 104 Å². The quantitative estimate of drug-likeness (QED) is 0.729. The highest BCUT2D eigenvalue weighted by Crippen LogP contribution is 2.06. The van der Waals surface area contributed by atoms with E-state index in [4.69, 9.17) is 10.5 Å². The van der Waals surface area contributed by atoms with Crippen molar-refractivity contribution < 1.29 is 9.53 Å². The van der Waals surface area contributed by atoms with Gasteiger partial charge in [-0.15, -0.1) is 0 Å². The van der Waals surface area contributed by atoms with Crippen LogP contribution in [0.2, 0.25) is 0 Å². The van der Waals surface area contributed by atoms with Crippen molar-refractivity contribution in [2.45, 2.75) is 32.8 Å². The molecule has 0 aromatic heterocycles. The molecule has 1 aliphatic heterocycles. The Morgan fingerprint density at radius 2 is 1.88 bits per heavy atom. The molecule has 0 aromatic rings. The smallest absolute Gasteiger partial charge is 0.410 e. The molecule has 0 spiro atoms. The molecule has 2 N–H and O–H groups in total. The number of amides is 1. The third-order valence-electron chi connectivity index (χ3n) is 2.90. The van der Waals surface area contributed by atoms with Crippen molar-refractivity contribution in [1.29, 1.82) is 0 Å². The number of nitrogens with zero attached hydrogens (tertiary/aromatic N) is 2. The summed E-state index contributed by atoms with van der Waals surface area (Å²) in [5.74, 6) is 0. The van der Waals surface area contributed by atoms with Gasteiger partial charge in [0.15, 0.2) is 0 Å². The molecular weight excluding hydrogens is 218 g/mol. The van der Waals surface area contributed by atoms with E-state index in [0.717, 1.165) is 52.1 Å². The number of rotatable bonds is 5. The zero-order valence-corrected chi connectivity index (χ0v) is 11.0. The van der Waals surface area contributed by atoms with Gasteiger partial charge in [-0.2, -0.15) is 0 Å². The van der Waals surface area contributed by atoms with Crippen LogP contribution in [0.15, 0.2) is 0 Å². The standard InChI is InChI=1S/C12H25N3O2/c1-11(2)17-12(16)15-9-7-14(8-10-15)6-4-3-5-13/h11H,3-10,13H2,1-2H3. The summed E-state index contributed by atoms with van der Waals surface area (Å²) in [5.41, 5.74) is 5.46. The summed E-state index contributed by atoms with van der Waals surface area (Å²) in [6, 6.07) is 0. The summed E-state index contributed by atoms with van der Waals surface area (Å²) in [4.78, 5) is 15.8. The van der Waals surface area contributed by atoms with Gasteiger partial charge >= 0.3 is 6.09 Å². The predicted molar refractivity (Wildman–Crippen MR) is 67.9 cm³/mol. The molecule has 100 valence electrons. The number of carbonyl (C=O) groups is 1. The summed E-state index contributed by atoms with van der Waals surface area (Å²) in [7, 11) is 0. The van der Waals surface area contributed by atoms with Crippen LogP contribution in [0.1, 0.15) is 26.7 Å². The molecule has 1 saturated heterocycles. The van der Waals surface area contributed by atoms with E-state index in [1.165, 1.54) is 0 Å². The van der Waals surface area contributed by atoms with Gasteiger partial charge in [0, 0.05) is 26.2 Å². The summed E-state index contributed by atoms with van der Waals surface area (Å²) in [6.07, 6.45) is 2.01. The van der Waals surface area contributed by atoms with Gasteiger partial charge in [-0.25, -0.2) is 4.79 Å². The highest BCUT2D eigenvalue weighted by atomic mass is 16.6. The van der Waals surface area contributed by atoms with Gasteiger partial charge in [-0.1, -0.05) is 0 Å². The fraction of sp³-hybridized carbons (Fsp3) is 0.917. The van der Waals surface area contributed by atoms with Crippen molar-refractivity contribution in [3.63, 3.8) is 0 Å². The Balaban J connectivity index is 2.18. The van der Waals surface area contributed by atoms with Gasteiger partial charge in [0.05, 0.1) is 6.10 Å². The van der Waals surface area contributed by atoms with Crippen LogP contribution in [-0.4, -0.2) is 61.3 Å². The first-order valence-electron chi connectivity index (χ1n) is 6.51. The molecule has 5 nitrogen and oxygen atoms in total. The second kappa shape index (κ2) is 7.50. The summed E-state index contributed by atoms with van der Waals surface area (Å²) in [6.45, 7) is 9.03. The molecule has 1 amide bonds. The Hall–Kier alpha value is -0.810. The molecule has 0 aromatic carbocycles. The van der Waals surface area contributed by atoms with Crippen molar-refractivity contribution in [3.05, 3.63) is 0 Å². The van der Waals surface area contributed by atoms with E-state index in [-0.39, 0.29) is 12.2 Å². The highest BCUT2D eigenvalue weighted by Gasteiger charge is 2.22. The molecule has 0 radical (unpaired) electrons. The first-order valence-corrected chi connectivity index (χ1v) is 6.51. The average molecular weight is 243 g/mol. The van der Waals surface area contributed by atoms with E-state index in [2.05, 4.69) is 4.90 Å². The molecule has 0 bridgehead atoms. The molecule has 0 unspecified atom stereocenters. The molecule has 0 atom stereocenters. The van der Waals surface area contributed by atoms with Gasteiger partial charge in [0.2, 0.25) is 0 Å². The Morgan fingerprint density at radius 1 is 1.24 bits per heavy atom. The van der Waals surface area contributed by atoms with Crippen molar-refractivity contribution in [2.24, 2.45) is 5.73 Å². The van der Waals surface area contributed by atoms with Crippen molar-refractivity contribution in [3.8, 4) is 0 Å². The third kappa shape index (κ3) is 5.37. The van der Waals surface area contributed by atoms with Gasteiger partial charge < -0.3 is 15.4 Å². The predicted octanol–water partition coefficient (Wildman–Crippen LogP) is 0.888. The van der Waals surface area contributed by atoms with E-state index in [1.807, 2.05) is 13.8 Å². The third-order valence-corrected chi connectivity index (χ3v) is 2.90. The van der Waals surface area contributed by atoms with Crippen LogP contribution in [0.4, 0.5) is 4.79 Å². The Morgan fingerprint density at radius 3 is 2.41 bits per heavy atom. The average Bonchev–Trinajstić information content (AvgIpc) is 2.29. The highest BCUT2D eigenvalue weighted by molar-refractivity contribution is 5.67. The van der Waals surface area contributed by atoms with Crippen molar-refractivity contribution >= 4 is 6.09 Å². The largest absolute Gasteiger partial charge is 0.447 e. The number of unbranched alkanes of at least 4 members (excludes halogenated alkanes) is 1. The number of ether oxygens (including phenoxy) is 1. The molecular formula is C12H25N3O2. The van der Waals surface area contributed by atoms with Crippen LogP contribution >= 0.6 is 0 Å². The molecule has 5 heteroatoms. The number of hydrogen-bond donors (Lipinski definition) is 1. The number of nitrogens with two attached hydrogens (primary N) is 1. The maximum atomic E-state index is 11.6. The van der Waals surface area contributed by atoms with E-state index in [0.29, 0.717) is 0 Å². The number of carbonyl (C=O) groups excluding carboxylic acids is 1. The lowest BCUT2D eigenvalue weighted by atomic mass is 10.2. The van der Waals surface area contributed by atoms with E-state index in [1.54, 1.807) is 4.90 Å². The lowest BCUT2D eigenvalue weighted by molar-refractivity contribution is 0.0570. The molecule has 17 heavy (non-hydrogen) atoms. The van der Waals surface area contributed by atoms with Crippen molar-refractivity contribution in [1.82, 2.24) is 9.80 Å². The first kappa shape index (κ1) is 14.3. The minimum atomic E-state index is -0.179. The van der Waals surface area contributed by atoms with Crippen LogP contribution in [0.3, 0.4) is 0 Å². The minimum Gasteiger partial charge on any atom is -0.447 e. The normalized spacial score (nSPS) is 17.5. The summed E-state index contributed by atoms with van der Waals surface area (Å²) >= 11 is 0. The number of hydrogen-bond acceptors (Lipinski definition) is 4.